The van der Waals surface area contributed by atoms with E-state index in [2.05, 4.69) is 22.9 Å². The maximum absolute atomic E-state index is 15.0. The number of aliphatic hydroxyl groups excluding tert-OH is 1. The number of Topliss-reactive ketones (excluding diaryl/α,β-unsaturated/α-hetero) is 1. The average Bonchev–Trinajstić information content (AvgIpc) is 3.91. The summed E-state index contributed by atoms with van der Waals surface area (Å²) >= 11 is 0. The number of unbranched alkanes of at least 4 members (excludes halogenated alkanes) is 8. The van der Waals surface area contributed by atoms with Crippen molar-refractivity contribution in [3.63, 3.8) is 0 Å². The lowest BCUT2D eigenvalue weighted by Gasteiger charge is -2.36. The van der Waals surface area contributed by atoms with Crippen LogP contribution >= 0.6 is 0 Å². The van der Waals surface area contributed by atoms with Crippen molar-refractivity contribution in [3.8, 4) is 5.75 Å². The highest BCUT2D eigenvalue weighted by atomic mass is 16.6. The van der Waals surface area contributed by atoms with Gasteiger partial charge in [0.1, 0.15) is 42.1 Å². The minimum Gasteiger partial charge on any atom is -0.497 e. The normalized spacial score (nSPS) is 25.2. The van der Waals surface area contributed by atoms with Gasteiger partial charge in [-0.25, -0.2) is 4.79 Å². The van der Waals surface area contributed by atoms with Gasteiger partial charge in [-0.2, -0.15) is 0 Å². The molecular formula is C61H100N6O13. The van der Waals surface area contributed by atoms with Crippen molar-refractivity contribution in [2.75, 3.05) is 27.7 Å². The highest BCUT2D eigenvalue weighted by molar-refractivity contribution is 6.05. The van der Waals surface area contributed by atoms with Crippen LogP contribution in [0.2, 0.25) is 0 Å². The number of nitrogens with zero attached hydrogens (tertiary/aromatic N) is 3. The first kappa shape index (κ1) is 68.7. The third-order valence-electron chi connectivity index (χ3n) is 15.8. The van der Waals surface area contributed by atoms with Crippen LogP contribution in [-0.4, -0.2) is 155 Å². The predicted molar refractivity (Wildman–Crippen MR) is 306 cm³/mol. The molecule has 452 valence electrons. The van der Waals surface area contributed by atoms with E-state index in [1.165, 1.54) is 68.4 Å². The molecule has 6 amide bonds. The van der Waals surface area contributed by atoms with Gasteiger partial charge in [-0.05, 0) is 87.3 Å². The third kappa shape index (κ3) is 20.7. The van der Waals surface area contributed by atoms with E-state index < -0.39 is 126 Å². The number of carbonyl (C=O) groups excluding carboxylic acids is 9. The molecule has 2 heterocycles. The number of aliphatic hydroxyl groups is 1. The molecule has 2 aliphatic heterocycles. The number of ketones is 1. The Balaban J connectivity index is 2.19. The van der Waals surface area contributed by atoms with E-state index in [4.69, 9.17) is 14.2 Å². The molecular weight excluding hydrogens is 1020 g/mol. The van der Waals surface area contributed by atoms with E-state index in [1.54, 1.807) is 52.1 Å². The SMILES string of the molecule is CCCCCCCCCCCC(=O)N(C)[C@H](CC(C)C)C(=O)N[C@@H]1C(=O)N[C@H]([C@@H](C)CC)[C@@H](O)CC(=O)OC(C(C)C)C(=O)[C@H](C)C(=O)N[C@@H](CC(C)C)C(=O)N2CCC[C@H]2C(=O)N(C)[C@@H](Cc2ccc(OC)cc2)C(=O)O[C@@H]1C. The fraction of sp³-hybridized carbons (Fsp3) is 0.754. The second kappa shape index (κ2) is 34.0. The Morgan fingerprint density at radius 2 is 1.44 bits per heavy atom. The van der Waals surface area contributed by atoms with Crippen LogP contribution in [0.25, 0.3) is 0 Å². The van der Waals surface area contributed by atoms with Crippen molar-refractivity contribution >= 4 is 53.2 Å². The zero-order valence-electron chi connectivity index (χ0n) is 50.8. The van der Waals surface area contributed by atoms with Crippen molar-refractivity contribution < 1.29 is 62.5 Å². The number of benzene rings is 1. The molecule has 2 saturated heterocycles. The van der Waals surface area contributed by atoms with Crippen molar-refractivity contribution in [3.05, 3.63) is 29.8 Å². The lowest BCUT2D eigenvalue weighted by atomic mass is 9.91. The van der Waals surface area contributed by atoms with Gasteiger partial charge < -0.3 is 50.0 Å². The molecule has 0 aliphatic carbocycles. The minimum absolute atomic E-state index is 0.0798. The Labute approximate surface area is 477 Å². The summed E-state index contributed by atoms with van der Waals surface area (Å²) in [5.41, 5.74) is 0.609. The molecule has 0 saturated carbocycles. The fourth-order valence-electron chi connectivity index (χ4n) is 10.5. The van der Waals surface area contributed by atoms with Crippen LogP contribution in [0.1, 0.15) is 184 Å². The number of esters is 2. The average molecular weight is 1130 g/mol. The number of hydrogen-bond donors (Lipinski definition) is 4. The fourth-order valence-corrected chi connectivity index (χ4v) is 10.5. The summed E-state index contributed by atoms with van der Waals surface area (Å²) in [4.78, 5) is 134. The summed E-state index contributed by atoms with van der Waals surface area (Å²) in [6.45, 7) is 19.5. The summed E-state index contributed by atoms with van der Waals surface area (Å²) in [6.07, 6.45) is 5.97. The van der Waals surface area contributed by atoms with Crippen LogP contribution < -0.4 is 20.7 Å². The maximum Gasteiger partial charge on any atom is 0.329 e. The van der Waals surface area contributed by atoms with Crippen molar-refractivity contribution in [1.82, 2.24) is 30.7 Å². The number of hydrogen-bond acceptors (Lipinski definition) is 13. The number of rotatable bonds is 23. The summed E-state index contributed by atoms with van der Waals surface area (Å²) < 4.78 is 17.3. The molecule has 1 aromatic carbocycles. The molecule has 2 aliphatic rings. The molecule has 4 N–H and O–H groups in total. The summed E-state index contributed by atoms with van der Waals surface area (Å²) in [6, 6.07) is -0.585. The topological polar surface area (TPSA) is 247 Å². The maximum atomic E-state index is 15.0. The van der Waals surface area contributed by atoms with Crippen LogP contribution in [0, 0.1) is 29.6 Å². The van der Waals surface area contributed by atoms with Gasteiger partial charge in [-0.3, -0.25) is 38.4 Å². The van der Waals surface area contributed by atoms with Crippen molar-refractivity contribution in [2.45, 2.75) is 240 Å². The number of nitrogens with one attached hydrogen (secondary N) is 3. The first-order chi connectivity index (χ1) is 37.8. The smallest absolute Gasteiger partial charge is 0.329 e. The molecule has 11 atom stereocenters. The Morgan fingerprint density at radius 1 is 0.825 bits per heavy atom. The summed E-state index contributed by atoms with van der Waals surface area (Å²) in [5.74, 6) is -8.57. The molecule has 3 rings (SSSR count). The van der Waals surface area contributed by atoms with Gasteiger partial charge in [-0.1, -0.05) is 132 Å². The number of cyclic esters (lactones) is 2. The second-order valence-corrected chi connectivity index (χ2v) is 23.7. The lowest BCUT2D eigenvalue weighted by Crippen LogP contribution is -2.61. The van der Waals surface area contributed by atoms with E-state index in [-0.39, 0.29) is 56.4 Å². The van der Waals surface area contributed by atoms with Gasteiger partial charge in [0.15, 0.2) is 11.9 Å². The number of likely N-dealkylation sites (N-methyl/N-ethyl adjacent to an activating group) is 2. The van der Waals surface area contributed by atoms with E-state index >= 15 is 0 Å². The predicted octanol–water partition coefficient (Wildman–Crippen LogP) is 6.87. The van der Waals surface area contributed by atoms with Gasteiger partial charge >= 0.3 is 11.9 Å². The highest BCUT2D eigenvalue weighted by Gasteiger charge is 2.45. The molecule has 80 heavy (non-hydrogen) atoms. The van der Waals surface area contributed by atoms with Crippen LogP contribution in [-0.2, 0) is 59.0 Å². The molecule has 19 nitrogen and oxygen atoms in total. The zero-order chi connectivity index (χ0) is 60.0. The van der Waals surface area contributed by atoms with Gasteiger partial charge in [-0.15, -0.1) is 0 Å². The molecule has 0 radical (unpaired) electrons. The third-order valence-corrected chi connectivity index (χ3v) is 15.8. The molecule has 0 spiro atoms. The monoisotopic (exact) mass is 1120 g/mol. The van der Waals surface area contributed by atoms with Crippen LogP contribution in [0.4, 0.5) is 0 Å². The van der Waals surface area contributed by atoms with E-state index in [0.717, 1.165) is 25.7 Å². The number of amides is 6. The van der Waals surface area contributed by atoms with Gasteiger partial charge in [0.05, 0.1) is 31.6 Å². The largest absolute Gasteiger partial charge is 0.497 e. The molecule has 0 bridgehead atoms. The highest BCUT2D eigenvalue weighted by Crippen LogP contribution is 2.26. The van der Waals surface area contributed by atoms with Crippen LogP contribution in [0.3, 0.4) is 0 Å². The minimum atomic E-state index is -1.66. The van der Waals surface area contributed by atoms with E-state index in [9.17, 15) is 48.3 Å². The van der Waals surface area contributed by atoms with Crippen LogP contribution in [0.15, 0.2) is 24.3 Å². The quantitative estimate of drug-likeness (QED) is 0.0497. The Hall–Kier alpha value is -5.59. The Kier molecular flexibility index (Phi) is 29.2. The van der Waals surface area contributed by atoms with Crippen LogP contribution in [0.5, 0.6) is 5.75 Å². The molecule has 19 heteroatoms. The molecule has 0 aromatic heterocycles. The van der Waals surface area contributed by atoms with Gasteiger partial charge in [0.25, 0.3) is 0 Å². The number of ether oxygens (including phenoxy) is 3. The Bertz CT molecular complexity index is 2190. The number of methoxy groups -OCH3 is 1. The standard InChI is InChI=1S/C61H100N6O13/c1-15-17-18-19-20-21-22-23-24-27-50(69)65(12)47(34-38(5)6)57(73)64-53-42(11)79-61(77)48(35-43-28-30-44(78-14)31-29-43)66(13)60(76)46-26-25-32-67(46)59(75)45(33-37(3)4)62-56(72)41(10)54(71)55(39(7)8)80-51(70)36-49(68)52(40(9)16-2)63-58(53)74/h28-31,37-42,45-49,52-53,55,68H,15-27,32-36H2,1-14H3,(H,62,72)(H,63,74)(H,64,73)/t40-,41-,42+,45-,46-,47+,48-,49-,52+,53-,55?/m0/s1. The lowest BCUT2D eigenvalue weighted by molar-refractivity contribution is -0.163. The van der Waals surface area contributed by atoms with Gasteiger partial charge in [0.2, 0.25) is 35.4 Å². The van der Waals surface area contributed by atoms with Gasteiger partial charge in [0, 0.05) is 33.5 Å². The summed E-state index contributed by atoms with van der Waals surface area (Å²) in [7, 11) is 4.51. The summed E-state index contributed by atoms with van der Waals surface area (Å²) in [5, 5.41) is 20.3. The van der Waals surface area contributed by atoms with Crippen molar-refractivity contribution in [2.24, 2.45) is 29.6 Å². The molecule has 1 unspecified atom stereocenters. The number of carbonyl (C=O) groups is 9. The van der Waals surface area contributed by atoms with E-state index in [0.29, 0.717) is 30.6 Å². The zero-order valence-corrected chi connectivity index (χ0v) is 50.8. The van der Waals surface area contributed by atoms with Crippen molar-refractivity contribution in [1.29, 1.82) is 0 Å². The molecule has 1 aromatic rings. The second-order valence-electron chi connectivity index (χ2n) is 23.7. The molecule has 2 fully saturated rings. The first-order valence-corrected chi connectivity index (χ1v) is 29.8. The first-order valence-electron chi connectivity index (χ1n) is 29.8. The Morgan fingerprint density at radius 3 is 2.00 bits per heavy atom. The van der Waals surface area contributed by atoms with E-state index in [1.807, 2.05) is 34.6 Å². The number of fused-ring (bicyclic) bond motifs is 1.